The van der Waals surface area contributed by atoms with Crippen molar-refractivity contribution >= 4 is 105 Å². The number of pyridine rings is 2. The largest absolute Gasteiger partial charge is 0.494 e. The van der Waals surface area contributed by atoms with Gasteiger partial charge < -0.3 is 18.6 Å². The van der Waals surface area contributed by atoms with Crippen LogP contribution in [0.2, 0.25) is 0 Å². The second-order valence-corrected chi connectivity index (χ2v) is 12.9. The van der Waals surface area contributed by atoms with Crippen molar-refractivity contribution in [2.24, 2.45) is 0 Å². The van der Waals surface area contributed by atoms with Crippen LogP contribution in [0.25, 0.3) is 76.5 Å². The first kappa shape index (κ1) is 29.0. The fourth-order valence-corrected chi connectivity index (χ4v) is 7.94. The van der Waals surface area contributed by atoms with Crippen LogP contribution in [0.5, 0.6) is 0 Å². The fraction of sp³-hybridized carbons (Fsp3) is 0. The molecular weight excluding hydrogens is 876 g/mol. The molecule has 4 heterocycles. The van der Waals surface area contributed by atoms with Gasteiger partial charge in [-0.15, -0.1) is 0 Å². The standard InChI is InChI=1S/C45H27N4O2.Bk/c1-48(38-15-5-11-30-32-13-7-25-46-44(32)50-42(30)38)36-23-19-27-18-22-35-37(24-20-28-17-21-34(36)40(27)41(28)35)49(29-9-3-2-4-10-29)39-16-6-12-31-33-14-8-26-47-45(33)51-43(31)39;/h2-26H,1H2;/q-1;. The molecule has 0 N–H and O–H groups in total. The maximum absolute atomic E-state index is 6.49. The molecule has 6 nitrogen and oxygen atoms in total. The van der Waals surface area contributed by atoms with Crippen molar-refractivity contribution in [3.63, 3.8) is 0 Å². The van der Waals surface area contributed by atoms with E-state index >= 15 is 0 Å². The van der Waals surface area contributed by atoms with Gasteiger partial charge in [0.15, 0.2) is 11.2 Å². The summed E-state index contributed by atoms with van der Waals surface area (Å²) in [5.74, 6) is 0. The first-order valence-corrected chi connectivity index (χ1v) is 16.9. The minimum Gasteiger partial charge on any atom is -0.494 e. The molecule has 0 amide bonds. The number of nitrogens with zero attached hydrogens (tertiary/aromatic N) is 4. The van der Waals surface area contributed by atoms with Gasteiger partial charge in [-0.3, -0.25) is 7.05 Å². The van der Waals surface area contributed by atoms with Gasteiger partial charge >= 0.3 is 0 Å². The summed E-state index contributed by atoms with van der Waals surface area (Å²) in [6.07, 6.45) is 3.53. The molecule has 0 atom stereocenters. The molecule has 0 aliphatic heterocycles. The Morgan fingerprint density at radius 2 is 0.942 bits per heavy atom. The third-order valence-electron chi connectivity index (χ3n) is 10.2. The van der Waals surface area contributed by atoms with Gasteiger partial charge in [0.25, 0.3) is 0 Å². The molecule has 249 valence electrons. The van der Waals surface area contributed by atoms with Gasteiger partial charge in [0, 0.05) is 56.1 Å². The maximum Gasteiger partial charge on any atom is 0.227 e. The zero-order valence-electron chi connectivity index (χ0n) is 27.6. The quantitative estimate of drug-likeness (QED) is 0.127. The van der Waals surface area contributed by atoms with E-state index in [1.54, 1.807) is 12.4 Å². The predicted octanol–water partition coefficient (Wildman–Crippen LogP) is 12.6. The van der Waals surface area contributed by atoms with Crippen LogP contribution in [0.15, 0.2) is 161 Å². The fourth-order valence-electron chi connectivity index (χ4n) is 7.94. The van der Waals surface area contributed by atoms with E-state index in [9.17, 15) is 0 Å². The molecule has 52 heavy (non-hydrogen) atoms. The summed E-state index contributed by atoms with van der Waals surface area (Å²) in [5, 5.41) is 11.0. The molecule has 0 aliphatic carbocycles. The average Bonchev–Trinajstić information content (AvgIpc) is 3.77. The summed E-state index contributed by atoms with van der Waals surface area (Å²) < 4.78 is 12.8. The van der Waals surface area contributed by atoms with Crippen LogP contribution >= 0.6 is 0 Å². The average molecular weight is 903 g/mol. The Kier molecular flexibility index (Phi) is 6.03. The number of furan rings is 2. The smallest absolute Gasteiger partial charge is 0.227 e. The number of rotatable bonds is 5. The van der Waals surface area contributed by atoms with Crippen molar-refractivity contribution < 1.29 is 8.83 Å². The molecule has 0 saturated carbocycles. The minimum absolute atomic E-state index is 0. The third-order valence-corrected chi connectivity index (χ3v) is 10.2. The number of benzene rings is 7. The van der Waals surface area contributed by atoms with Crippen LogP contribution in [0.1, 0.15) is 0 Å². The van der Waals surface area contributed by atoms with E-state index in [1.807, 2.05) is 29.2 Å². The SMILES string of the molecule is [Bk].[CH2-]N(c1ccc2ccc3c(N(c4ccccc4)c4cccc5c4oc4ncccc45)ccc4ccc1c2c43)c1cccc2c1oc1ncccc12. The molecule has 0 aliphatic rings. The number of hydrogen-bond acceptors (Lipinski definition) is 6. The summed E-state index contributed by atoms with van der Waals surface area (Å²) in [5.41, 5.74) is 7.72. The third kappa shape index (κ3) is 3.95. The van der Waals surface area contributed by atoms with Crippen LogP contribution in [0, 0.1) is 7.05 Å². The van der Waals surface area contributed by atoms with Crippen molar-refractivity contribution in [3.8, 4) is 0 Å². The van der Waals surface area contributed by atoms with Crippen LogP contribution in [-0.2, 0) is 0 Å². The minimum atomic E-state index is 0. The van der Waals surface area contributed by atoms with Crippen LogP contribution in [0.4, 0.5) is 28.4 Å². The second kappa shape index (κ2) is 10.8. The number of hydrogen-bond donors (Lipinski definition) is 0. The molecule has 0 unspecified atom stereocenters. The van der Waals surface area contributed by atoms with Gasteiger partial charge in [-0.25, -0.2) is 9.97 Å². The molecule has 0 bridgehead atoms. The molecule has 4 aromatic heterocycles. The van der Waals surface area contributed by atoms with Crippen molar-refractivity contribution in [2.45, 2.75) is 0 Å². The molecule has 11 rings (SSSR count). The molecule has 7 heteroatoms. The Bertz CT molecular complexity index is 3130. The van der Waals surface area contributed by atoms with Gasteiger partial charge in [0.05, 0.1) is 17.1 Å². The normalized spacial score (nSPS) is 11.8. The van der Waals surface area contributed by atoms with Crippen molar-refractivity contribution in [2.75, 3.05) is 9.80 Å². The molecule has 0 saturated heterocycles. The van der Waals surface area contributed by atoms with E-state index in [0.29, 0.717) is 11.4 Å². The maximum atomic E-state index is 6.49. The Hall–Kier alpha value is -7.92. The second-order valence-electron chi connectivity index (χ2n) is 12.9. The molecule has 7 aromatic carbocycles. The summed E-state index contributed by atoms with van der Waals surface area (Å²) in [6, 6.07) is 48.7. The molecule has 0 fully saturated rings. The van der Waals surface area contributed by atoms with Crippen molar-refractivity contribution in [1.82, 2.24) is 9.97 Å². The Balaban J connectivity index is 0.00000338. The summed E-state index contributed by atoms with van der Waals surface area (Å²) in [4.78, 5) is 13.3. The van der Waals surface area contributed by atoms with Gasteiger partial charge in [-0.2, -0.15) is 0 Å². The topological polar surface area (TPSA) is 58.5 Å². The van der Waals surface area contributed by atoms with Crippen LogP contribution in [0.3, 0.4) is 0 Å². The van der Waals surface area contributed by atoms with E-state index in [4.69, 9.17) is 8.83 Å². The first-order chi connectivity index (χ1) is 25.2. The van der Waals surface area contributed by atoms with Crippen LogP contribution < -0.4 is 9.80 Å². The Morgan fingerprint density at radius 3 is 1.58 bits per heavy atom. The summed E-state index contributed by atoms with van der Waals surface area (Å²) in [6.45, 7) is 0. The molecule has 11 aromatic rings. The van der Waals surface area contributed by atoms with Gasteiger partial charge in [0.2, 0.25) is 11.4 Å². The summed E-state index contributed by atoms with van der Waals surface area (Å²) >= 11 is 0. The van der Waals surface area contributed by atoms with Crippen LogP contribution in [-0.4, -0.2) is 9.97 Å². The van der Waals surface area contributed by atoms with E-state index in [-0.39, 0.29) is 0 Å². The number of fused-ring (bicyclic) bond motifs is 6. The van der Waals surface area contributed by atoms with Crippen molar-refractivity contribution in [3.05, 3.63) is 159 Å². The van der Waals surface area contributed by atoms with Gasteiger partial charge in [0.1, 0.15) is 0 Å². The van der Waals surface area contributed by atoms with E-state index in [0.717, 1.165) is 71.9 Å². The zero-order valence-corrected chi connectivity index (χ0v) is 30.4. The molecular formula is C45H27BkN4O2-. The molecule has 0 spiro atoms. The van der Waals surface area contributed by atoms with E-state index in [1.165, 1.54) is 21.5 Å². The first-order valence-electron chi connectivity index (χ1n) is 16.9. The summed E-state index contributed by atoms with van der Waals surface area (Å²) in [7, 11) is 4.58. The van der Waals surface area contributed by atoms with Gasteiger partial charge in [-0.05, 0) is 82.2 Å². The van der Waals surface area contributed by atoms with E-state index in [2.05, 4.69) is 137 Å². The van der Waals surface area contributed by atoms with Gasteiger partial charge in [-0.1, -0.05) is 78.9 Å². The number of aromatic nitrogens is 2. The van der Waals surface area contributed by atoms with Crippen molar-refractivity contribution in [1.29, 1.82) is 0 Å². The Labute approximate surface area is 291 Å². The predicted molar refractivity (Wildman–Crippen MR) is 209 cm³/mol. The molecule has 1 radical (unpaired) electrons. The Morgan fingerprint density at radius 1 is 0.423 bits per heavy atom. The zero-order chi connectivity index (χ0) is 33.6. The van der Waals surface area contributed by atoms with E-state index < -0.39 is 0 Å². The number of para-hydroxylation sites is 3. The monoisotopic (exact) mass is 902 g/mol. The number of anilines is 5.